The minimum absolute atomic E-state index is 1.04. The van der Waals surface area contributed by atoms with E-state index in [4.69, 9.17) is 0 Å². The van der Waals surface area contributed by atoms with Crippen molar-refractivity contribution in [3.63, 3.8) is 0 Å². The van der Waals surface area contributed by atoms with Crippen LogP contribution in [-0.4, -0.2) is 18.4 Å². The molecule has 1 aromatic rings. The monoisotopic (exact) mass is 303 g/mol. The fraction of sp³-hybridized carbons (Fsp3) is 0.400. The van der Waals surface area contributed by atoms with Gasteiger partial charge >= 0.3 is 0 Å². The van der Waals surface area contributed by atoms with Crippen molar-refractivity contribution >= 4 is 37.5 Å². The van der Waals surface area contributed by atoms with Crippen LogP contribution in [0.15, 0.2) is 22.7 Å². The molecule has 0 spiro atoms. The summed E-state index contributed by atoms with van der Waals surface area (Å²) in [5, 5.41) is 1.04. The standard InChI is InChI=1S/C10H11Br2N/c11-4-6-13-5-3-8-1-2-9(12)7-10(8)13/h1-2,7H,3-6H2. The lowest BCUT2D eigenvalue weighted by molar-refractivity contribution is 0.876. The predicted octanol–water partition coefficient (Wildman–Crippen LogP) is 3.21. The van der Waals surface area contributed by atoms with Gasteiger partial charge in [0, 0.05) is 28.6 Å². The summed E-state index contributed by atoms with van der Waals surface area (Å²) in [6.07, 6.45) is 1.19. The second kappa shape index (κ2) is 4.01. The molecule has 1 nitrogen and oxygen atoms in total. The zero-order valence-electron chi connectivity index (χ0n) is 7.26. The SMILES string of the molecule is BrCCN1CCc2ccc(Br)cc21. The van der Waals surface area contributed by atoms with Crippen molar-refractivity contribution in [1.82, 2.24) is 0 Å². The Morgan fingerprint density at radius 2 is 2.23 bits per heavy atom. The maximum atomic E-state index is 3.51. The molecule has 0 saturated carbocycles. The molecule has 1 aromatic carbocycles. The molecule has 1 heterocycles. The van der Waals surface area contributed by atoms with E-state index in [0.29, 0.717) is 0 Å². The van der Waals surface area contributed by atoms with E-state index in [2.05, 4.69) is 55.0 Å². The topological polar surface area (TPSA) is 3.24 Å². The molecule has 0 aromatic heterocycles. The van der Waals surface area contributed by atoms with E-state index in [9.17, 15) is 0 Å². The van der Waals surface area contributed by atoms with E-state index in [-0.39, 0.29) is 0 Å². The van der Waals surface area contributed by atoms with E-state index in [1.54, 1.807) is 0 Å². The van der Waals surface area contributed by atoms with Crippen LogP contribution in [-0.2, 0) is 6.42 Å². The van der Waals surface area contributed by atoms with Crippen molar-refractivity contribution in [2.45, 2.75) is 6.42 Å². The maximum Gasteiger partial charge on any atom is 0.0411 e. The van der Waals surface area contributed by atoms with Crippen molar-refractivity contribution < 1.29 is 0 Å². The van der Waals surface area contributed by atoms with Crippen LogP contribution in [0.3, 0.4) is 0 Å². The Labute approximate surface area is 95.4 Å². The highest BCUT2D eigenvalue weighted by Crippen LogP contribution is 2.30. The molecular weight excluding hydrogens is 294 g/mol. The minimum atomic E-state index is 1.04. The quantitative estimate of drug-likeness (QED) is 0.759. The summed E-state index contributed by atoms with van der Waals surface area (Å²) in [6.45, 7) is 2.26. The molecule has 0 unspecified atom stereocenters. The molecule has 0 fully saturated rings. The molecule has 0 amide bonds. The van der Waals surface area contributed by atoms with E-state index >= 15 is 0 Å². The summed E-state index contributed by atoms with van der Waals surface area (Å²) in [6, 6.07) is 6.55. The Morgan fingerprint density at radius 1 is 1.38 bits per heavy atom. The number of rotatable bonds is 2. The van der Waals surface area contributed by atoms with E-state index in [0.717, 1.165) is 18.4 Å². The van der Waals surface area contributed by atoms with Gasteiger partial charge in [-0.05, 0) is 24.1 Å². The van der Waals surface area contributed by atoms with Crippen LogP contribution in [0.1, 0.15) is 5.56 Å². The number of nitrogens with zero attached hydrogens (tertiary/aromatic N) is 1. The second-order valence-electron chi connectivity index (χ2n) is 3.20. The highest BCUT2D eigenvalue weighted by atomic mass is 79.9. The van der Waals surface area contributed by atoms with Crippen LogP contribution in [0, 0.1) is 0 Å². The van der Waals surface area contributed by atoms with Gasteiger partial charge in [-0.25, -0.2) is 0 Å². The third kappa shape index (κ3) is 1.91. The van der Waals surface area contributed by atoms with Gasteiger partial charge in [0.25, 0.3) is 0 Å². The van der Waals surface area contributed by atoms with Gasteiger partial charge in [-0.1, -0.05) is 37.9 Å². The Bertz CT molecular complexity index is 310. The Morgan fingerprint density at radius 3 is 3.00 bits per heavy atom. The molecule has 70 valence electrons. The Kier molecular flexibility index (Phi) is 2.94. The molecule has 1 aliphatic heterocycles. The van der Waals surface area contributed by atoms with E-state index < -0.39 is 0 Å². The summed E-state index contributed by atoms with van der Waals surface area (Å²) in [5.41, 5.74) is 2.87. The molecule has 0 aliphatic carbocycles. The molecule has 1 aliphatic rings. The van der Waals surface area contributed by atoms with Crippen LogP contribution in [0.5, 0.6) is 0 Å². The fourth-order valence-corrected chi connectivity index (χ4v) is 2.53. The number of alkyl halides is 1. The summed E-state index contributed by atoms with van der Waals surface area (Å²) in [5.74, 6) is 0. The summed E-state index contributed by atoms with van der Waals surface area (Å²) in [7, 11) is 0. The van der Waals surface area contributed by atoms with Gasteiger partial charge in [0.05, 0.1) is 0 Å². The molecule has 0 N–H and O–H groups in total. The number of halogens is 2. The Balaban J connectivity index is 2.29. The van der Waals surface area contributed by atoms with Gasteiger partial charge in [-0.3, -0.25) is 0 Å². The van der Waals surface area contributed by atoms with E-state index in [1.807, 2.05) is 0 Å². The van der Waals surface area contributed by atoms with Crippen LogP contribution in [0.4, 0.5) is 5.69 Å². The average Bonchev–Trinajstić information content (AvgIpc) is 2.49. The summed E-state index contributed by atoms with van der Waals surface area (Å²) >= 11 is 6.98. The van der Waals surface area contributed by atoms with Gasteiger partial charge in [0.1, 0.15) is 0 Å². The van der Waals surface area contributed by atoms with Crippen LogP contribution in [0.25, 0.3) is 0 Å². The number of anilines is 1. The molecule has 0 atom stereocenters. The van der Waals surface area contributed by atoms with Crippen molar-refractivity contribution in [2.24, 2.45) is 0 Å². The van der Waals surface area contributed by atoms with Crippen LogP contribution >= 0.6 is 31.9 Å². The lowest BCUT2D eigenvalue weighted by atomic mass is 10.2. The van der Waals surface area contributed by atoms with Gasteiger partial charge in [0.15, 0.2) is 0 Å². The third-order valence-electron chi connectivity index (χ3n) is 2.39. The van der Waals surface area contributed by atoms with Crippen molar-refractivity contribution in [1.29, 1.82) is 0 Å². The molecule has 0 bridgehead atoms. The summed E-state index contributed by atoms with van der Waals surface area (Å²) in [4.78, 5) is 2.43. The highest BCUT2D eigenvalue weighted by molar-refractivity contribution is 9.10. The highest BCUT2D eigenvalue weighted by Gasteiger charge is 2.17. The first-order chi connectivity index (χ1) is 6.31. The predicted molar refractivity (Wildman–Crippen MR) is 63.9 cm³/mol. The Hall–Kier alpha value is -0.0200. The first-order valence-electron chi connectivity index (χ1n) is 4.40. The smallest absolute Gasteiger partial charge is 0.0411 e. The molecule has 0 saturated heterocycles. The first-order valence-corrected chi connectivity index (χ1v) is 6.32. The largest absolute Gasteiger partial charge is 0.370 e. The van der Waals surface area contributed by atoms with Gasteiger partial charge < -0.3 is 4.90 Å². The van der Waals surface area contributed by atoms with Gasteiger partial charge in [-0.2, -0.15) is 0 Å². The lowest BCUT2D eigenvalue weighted by Crippen LogP contribution is -2.22. The molecular formula is C10H11Br2N. The van der Waals surface area contributed by atoms with Crippen molar-refractivity contribution in [3.05, 3.63) is 28.2 Å². The third-order valence-corrected chi connectivity index (χ3v) is 3.24. The van der Waals surface area contributed by atoms with Gasteiger partial charge in [-0.15, -0.1) is 0 Å². The molecule has 0 radical (unpaired) electrons. The zero-order valence-corrected chi connectivity index (χ0v) is 10.4. The maximum absolute atomic E-state index is 3.51. The van der Waals surface area contributed by atoms with Crippen LogP contribution in [0.2, 0.25) is 0 Å². The lowest BCUT2D eigenvalue weighted by Gasteiger charge is -2.17. The second-order valence-corrected chi connectivity index (χ2v) is 4.91. The number of fused-ring (bicyclic) bond motifs is 1. The average molecular weight is 305 g/mol. The van der Waals surface area contributed by atoms with Crippen LogP contribution < -0.4 is 4.90 Å². The first kappa shape index (κ1) is 9.53. The number of benzene rings is 1. The fourth-order valence-electron chi connectivity index (χ4n) is 1.75. The summed E-state index contributed by atoms with van der Waals surface area (Å²) < 4.78 is 1.17. The van der Waals surface area contributed by atoms with Crippen molar-refractivity contribution in [3.8, 4) is 0 Å². The number of hydrogen-bond acceptors (Lipinski definition) is 1. The molecule has 3 heteroatoms. The van der Waals surface area contributed by atoms with Crippen molar-refractivity contribution in [2.75, 3.05) is 23.3 Å². The minimum Gasteiger partial charge on any atom is -0.370 e. The molecule has 2 rings (SSSR count). The van der Waals surface area contributed by atoms with Gasteiger partial charge in [0.2, 0.25) is 0 Å². The number of hydrogen-bond donors (Lipinski definition) is 0. The normalized spacial score (nSPS) is 14.8. The molecule has 13 heavy (non-hydrogen) atoms. The zero-order chi connectivity index (χ0) is 9.26. The van der Waals surface area contributed by atoms with E-state index in [1.165, 1.54) is 22.1 Å².